The Morgan fingerprint density at radius 2 is 2.10 bits per heavy atom. The lowest BCUT2D eigenvalue weighted by molar-refractivity contribution is -0.138. The van der Waals surface area contributed by atoms with Crippen LogP contribution >= 0.6 is 0 Å². The van der Waals surface area contributed by atoms with E-state index in [-0.39, 0.29) is 24.1 Å². The second kappa shape index (κ2) is 9.17. The van der Waals surface area contributed by atoms with E-state index in [1.54, 1.807) is 30.1 Å². The maximum Gasteiger partial charge on any atom is 0.237 e. The molecule has 7 nitrogen and oxygen atoms in total. The van der Waals surface area contributed by atoms with E-state index >= 15 is 0 Å². The topological polar surface area (TPSA) is 81.3 Å². The molecule has 1 fully saturated rings. The predicted octanol–water partition coefficient (Wildman–Crippen LogP) is 1.56. The number of piperazine rings is 1. The molecule has 1 aromatic heterocycles. The first kappa shape index (κ1) is 21.0. The lowest BCUT2D eigenvalue weighted by Gasteiger charge is -2.35. The second-order valence-corrected chi connectivity index (χ2v) is 7.55. The van der Waals surface area contributed by atoms with Crippen LogP contribution in [0, 0.1) is 19.7 Å². The van der Waals surface area contributed by atoms with Gasteiger partial charge in [-0.2, -0.15) is 5.10 Å². The van der Waals surface area contributed by atoms with Crippen LogP contribution in [0.4, 0.5) is 4.39 Å². The van der Waals surface area contributed by atoms with Crippen LogP contribution in [-0.4, -0.2) is 64.5 Å². The number of aromatic nitrogens is 2. The number of benzene rings is 1. The van der Waals surface area contributed by atoms with Crippen LogP contribution in [0.25, 0.3) is 0 Å². The van der Waals surface area contributed by atoms with Gasteiger partial charge in [-0.05, 0) is 31.9 Å². The number of likely N-dealkylation sites (N-methyl/N-ethyl adjacent to an activating group) is 1. The number of rotatable bonds is 7. The fraction of sp³-hybridized carbons (Fsp3) is 0.476. The molecule has 0 spiro atoms. The van der Waals surface area contributed by atoms with Crippen molar-refractivity contribution in [3.63, 3.8) is 0 Å². The highest BCUT2D eigenvalue weighted by atomic mass is 19.1. The molecule has 0 saturated carbocycles. The van der Waals surface area contributed by atoms with Crippen molar-refractivity contribution in [3.05, 3.63) is 52.6 Å². The number of carbonyl (C=O) groups is 2. The monoisotopic (exact) mass is 401 g/mol. The van der Waals surface area contributed by atoms with Crippen molar-refractivity contribution >= 4 is 11.8 Å². The van der Waals surface area contributed by atoms with Crippen molar-refractivity contribution in [2.24, 2.45) is 0 Å². The smallest absolute Gasteiger partial charge is 0.237 e. The summed E-state index contributed by atoms with van der Waals surface area (Å²) in [6.07, 6.45) is 0.770. The van der Waals surface area contributed by atoms with E-state index in [1.807, 2.05) is 18.7 Å². The van der Waals surface area contributed by atoms with Gasteiger partial charge in [0.1, 0.15) is 5.82 Å². The van der Waals surface area contributed by atoms with E-state index < -0.39 is 6.04 Å². The second-order valence-electron chi connectivity index (χ2n) is 7.55. The van der Waals surface area contributed by atoms with E-state index in [0.29, 0.717) is 38.2 Å². The van der Waals surface area contributed by atoms with Gasteiger partial charge in [0.2, 0.25) is 11.8 Å². The lowest BCUT2D eigenvalue weighted by Crippen LogP contribution is -2.56. The van der Waals surface area contributed by atoms with Crippen molar-refractivity contribution in [2.75, 3.05) is 26.7 Å². The number of amides is 2. The minimum atomic E-state index is -0.601. The molecule has 1 aromatic carbocycles. The summed E-state index contributed by atoms with van der Waals surface area (Å²) in [5.74, 6) is -0.591. The summed E-state index contributed by atoms with van der Waals surface area (Å²) >= 11 is 0. The molecule has 1 aliphatic heterocycles. The highest BCUT2D eigenvalue weighted by Gasteiger charge is 2.32. The fourth-order valence-corrected chi connectivity index (χ4v) is 3.69. The first-order valence-electron chi connectivity index (χ1n) is 9.86. The SMILES string of the molecule is Cc1n[nH]c(C)c1CCN(C)C(=O)C[C@@H]1C(=O)NCCN1Cc1ccccc1F. The van der Waals surface area contributed by atoms with Crippen molar-refractivity contribution in [1.82, 2.24) is 25.3 Å². The van der Waals surface area contributed by atoms with Crippen LogP contribution < -0.4 is 5.32 Å². The molecule has 2 amide bonds. The number of halogens is 1. The Balaban J connectivity index is 1.62. The van der Waals surface area contributed by atoms with Gasteiger partial charge in [-0.25, -0.2) is 4.39 Å². The summed E-state index contributed by atoms with van der Waals surface area (Å²) < 4.78 is 14.0. The maximum absolute atomic E-state index is 14.0. The van der Waals surface area contributed by atoms with Crippen LogP contribution in [0.2, 0.25) is 0 Å². The third-order valence-corrected chi connectivity index (χ3v) is 5.54. The largest absolute Gasteiger partial charge is 0.353 e. The first-order chi connectivity index (χ1) is 13.9. The highest BCUT2D eigenvalue weighted by molar-refractivity contribution is 5.88. The van der Waals surface area contributed by atoms with Crippen molar-refractivity contribution in [1.29, 1.82) is 0 Å². The molecule has 3 rings (SSSR count). The Morgan fingerprint density at radius 1 is 1.34 bits per heavy atom. The first-order valence-corrected chi connectivity index (χ1v) is 9.86. The molecule has 2 N–H and O–H groups in total. The summed E-state index contributed by atoms with van der Waals surface area (Å²) in [6, 6.07) is 5.93. The van der Waals surface area contributed by atoms with Crippen molar-refractivity contribution < 1.29 is 14.0 Å². The summed E-state index contributed by atoms with van der Waals surface area (Å²) in [5.41, 5.74) is 3.58. The van der Waals surface area contributed by atoms with E-state index in [0.717, 1.165) is 17.0 Å². The van der Waals surface area contributed by atoms with Crippen LogP contribution in [-0.2, 0) is 22.6 Å². The summed E-state index contributed by atoms with van der Waals surface area (Å²) in [6.45, 7) is 5.82. The number of hydrogen-bond donors (Lipinski definition) is 2. The van der Waals surface area contributed by atoms with Crippen molar-refractivity contribution in [2.45, 2.75) is 39.3 Å². The molecule has 2 aromatic rings. The van der Waals surface area contributed by atoms with Gasteiger partial charge in [-0.1, -0.05) is 18.2 Å². The van der Waals surface area contributed by atoms with Gasteiger partial charge in [-0.15, -0.1) is 0 Å². The summed E-state index contributed by atoms with van der Waals surface area (Å²) in [5, 5.41) is 9.95. The number of hydrogen-bond acceptors (Lipinski definition) is 4. The van der Waals surface area contributed by atoms with Gasteiger partial charge in [-0.3, -0.25) is 19.6 Å². The molecule has 0 aliphatic carbocycles. The van der Waals surface area contributed by atoms with E-state index in [2.05, 4.69) is 15.5 Å². The number of carbonyl (C=O) groups excluding carboxylic acids is 2. The fourth-order valence-electron chi connectivity index (χ4n) is 3.69. The van der Waals surface area contributed by atoms with Gasteiger partial charge >= 0.3 is 0 Å². The normalized spacial score (nSPS) is 17.2. The van der Waals surface area contributed by atoms with Crippen LogP contribution in [0.3, 0.4) is 0 Å². The van der Waals surface area contributed by atoms with Gasteiger partial charge in [0.05, 0.1) is 18.2 Å². The number of nitrogens with zero attached hydrogens (tertiary/aromatic N) is 3. The summed E-state index contributed by atoms with van der Waals surface area (Å²) in [7, 11) is 1.75. The molecule has 1 aliphatic rings. The molecule has 0 bridgehead atoms. The molecule has 29 heavy (non-hydrogen) atoms. The third kappa shape index (κ3) is 5.00. The van der Waals surface area contributed by atoms with Crippen LogP contribution in [0.15, 0.2) is 24.3 Å². The Morgan fingerprint density at radius 3 is 2.79 bits per heavy atom. The Kier molecular flexibility index (Phi) is 6.64. The Labute approximate surface area is 170 Å². The predicted molar refractivity (Wildman–Crippen MR) is 108 cm³/mol. The molecule has 1 saturated heterocycles. The lowest BCUT2D eigenvalue weighted by atomic mass is 10.1. The molecule has 0 radical (unpaired) electrons. The van der Waals surface area contributed by atoms with Crippen LogP contribution in [0.1, 0.15) is 28.9 Å². The Hall–Kier alpha value is -2.74. The molecule has 0 unspecified atom stereocenters. The number of nitrogens with one attached hydrogen (secondary N) is 2. The number of aryl methyl sites for hydroxylation is 2. The molecule has 156 valence electrons. The van der Waals surface area contributed by atoms with Gasteiger partial charge in [0, 0.05) is 44.5 Å². The van der Waals surface area contributed by atoms with Gasteiger partial charge in [0.15, 0.2) is 0 Å². The minimum absolute atomic E-state index is 0.0696. The zero-order valence-corrected chi connectivity index (χ0v) is 17.2. The van der Waals surface area contributed by atoms with Gasteiger partial charge in [0.25, 0.3) is 0 Å². The molecule has 2 heterocycles. The van der Waals surface area contributed by atoms with Gasteiger partial charge < -0.3 is 10.2 Å². The Bertz CT molecular complexity index is 862. The quantitative estimate of drug-likeness (QED) is 0.738. The molecular formula is C21H28FN5O2. The average molecular weight is 401 g/mol. The molecule has 8 heteroatoms. The average Bonchev–Trinajstić information content (AvgIpc) is 3.02. The molecule has 1 atom stereocenters. The van der Waals surface area contributed by atoms with E-state index in [1.165, 1.54) is 6.07 Å². The zero-order chi connectivity index (χ0) is 21.0. The maximum atomic E-state index is 14.0. The minimum Gasteiger partial charge on any atom is -0.353 e. The number of aromatic amines is 1. The highest BCUT2D eigenvalue weighted by Crippen LogP contribution is 2.17. The zero-order valence-electron chi connectivity index (χ0n) is 17.2. The molecular weight excluding hydrogens is 373 g/mol. The van der Waals surface area contributed by atoms with E-state index in [4.69, 9.17) is 0 Å². The van der Waals surface area contributed by atoms with Crippen LogP contribution in [0.5, 0.6) is 0 Å². The standard InChI is InChI=1S/C21H28FN5O2/c1-14-17(15(2)25-24-14)8-10-26(3)20(28)12-19-21(29)23-9-11-27(19)13-16-6-4-5-7-18(16)22/h4-7,19H,8-13H2,1-3H3,(H,23,29)(H,24,25)/t19-/m1/s1. The number of H-pyrrole nitrogens is 1. The van der Waals surface area contributed by atoms with E-state index in [9.17, 15) is 14.0 Å². The summed E-state index contributed by atoms with van der Waals surface area (Å²) in [4.78, 5) is 28.7. The third-order valence-electron chi connectivity index (χ3n) is 5.54. The van der Waals surface area contributed by atoms with Crippen molar-refractivity contribution in [3.8, 4) is 0 Å².